The van der Waals surface area contributed by atoms with E-state index in [4.69, 9.17) is 18.9 Å². The van der Waals surface area contributed by atoms with Gasteiger partial charge in [-0.1, -0.05) is 219 Å². The van der Waals surface area contributed by atoms with Gasteiger partial charge in [-0.15, -0.1) is 0 Å². The number of carboxylic acids is 1. The van der Waals surface area contributed by atoms with Crippen LogP contribution in [0.2, 0.25) is 0 Å². The van der Waals surface area contributed by atoms with Crippen LogP contribution in [0, 0.1) is 0 Å². The van der Waals surface area contributed by atoms with Crippen LogP contribution in [0.25, 0.3) is 0 Å². The molecule has 0 N–H and O–H groups in total. The molecular formula is C66H109NO8. The van der Waals surface area contributed by atoms with E-state index < -0.39 is 24.3 Å². The number of hydrogen-bond donors (Lipinski definition) is 0. The number of carbonyl (C=O) groups excluding carboxylic acids is 3. The first-order chi connectivity index (χ1) is 36.6. The molecule has 0 saturated carbocycles. The Morgan fingerprint density at radius 3 is 1.13 bits per heavy atom. The number of ether oxygens (including phenoxy) is 4. The number of nitrogens with zero attached hydrogens (tertiary/aromatic N) is 1. The number of likely N-dealkylation sites (N-methyl/N-ethyl adjacent to an activating group) is 1. The Kier molecular flexibility index (Phi) is 52.7. The van der Waals surface area contributed by atoms with Gasteiger partial charge in [-0.25, -0.2) is 0 Å². The standard InChI is InChI=1S/C66H109NO8/c1-6-8-10-12-14-16-18-20-22-24-26-28-29-30-31-32-33-34-35-37-39-41-43-45-47-49-51-53-55-57-64(69)75-62(61-74-66(65(70)71)72-59-58-67(3,4)5)60-73-63(68)56-54-52-50-48-46-44-42-40-38-36-27-25-23-21-19-17-15-13-11-9-7-2/h8,10,14,16,19-22,25-28,30-31,33-34,37-40,62,66H,6-7,9,11-13,15,17-18,23-24,29,32,35-36,41-61H2,1-5H3/b10-8-,16-14-,21-19-,22-20-,27-25-,28-26-,31-30-,34-33-,39-37-,40-38-. The minimum absolute atomic E-state index is 0.136. The van der Waals surface area contributed by atoms with E-state index in [1.54, 1.807) is 0 Å². The van der Waals surface area contributed by atoms with E-state index in [9.17, 15) is 19.5 Å². The molecule has 0 fully saturated rings. The minimum Gasteiger partial charge on any atom is -0.545 e. The van der Waals surface area contributed by atoms with Crippen LogP contribution in [0.5, 0.6) is 0 Å². The van der Waals surface area contributed by atoms with Crippen LogP contribution in [0.4, 0.5) is 0 Å². The fourth-order valence-electron chi connectivity index (χ4n) is 7.64. The summed E-state index contributed by atoms with van der Waals surface area (Å²) in [5.74, 6) is -2.33. The van der Waals surface area contributed by atoms with Gasteiger partial charge in [0.05, 0.1) is 40.3 Å². The van der Waals surface area contributed by atoms with E-state index in [1.807, 2.05) is 21.1 Å². The first-order valence-electron chi connectivity index (χ1n) is 29.7. The molecule has 0 aliphatic carbocycles. The number of unbranched alkanes of at least 4 members (excludes halogenated alkanes) is 18. The van der Waals surface area contributed by atoms with Crippen molar-refractivity contribution in [1.82, 2.24) is 0 Å². The first kappa shape index (κ1) is 70.7. The Bertz CT molecular complexity index is 1640. The van der Waals surface area contributed by atoms with Crippen LogP contribution in [-0.4, -0.2) is 82.3 Å². The highest BCUT2D eigenvalue weighted by molar-refractivity contribution is 5.70. The maximum absolute atomic E-state index is 12.9. The maximum atomic E-state index is 12.9. The minimum atomic E-state index is -1.64. The Hall–Kier alpha value is -4.31. The zero-order valence-electron chi connectivity index (χ0n) is 48.4. The molecule has 0 amide bonds. The van der Waals surface area contributed by atoms with Gasteiger partial charge in [-0.2, -0.15) is 0 Å². The molecule has 0 aromatic heterocycles. The van der Waals surface area contributed by atoms with Crippen LogP contribution >= 0.6 is 0 Å². The summed E-state index contributed by atoms with van der Waals surface area (Å²) in [6, 6.07) is 0. The Labute approximate surface area is 459 Å². The highest BCUT2D eigenvalue weighted by Gasteiger charge is 2.22. The molecule has 75 heavy (non-hydrogen) atoms. The molecule has 0 heterocycles. The monoisotopic (exact) mass is 1040 g/mol. The van der Waals surface area contributed by atoms with Crippen molar-refractivity contribution in [3.8, 4) is 0 Å². The van der Waals surface area contributed by atoms with Crippen molar-refractivity contribution in [1.29, 1.82) is 0 Å². The van der Waals surface area contributed by atoms with Crippen molar-refractivity contribution >= 4 is 17.9 Å². The predicted octanol–water partition coefficient (Wildman–Crippen LogP) is 16.3. The number of hydrogen-bond acceptors (Lipinski definition) is 8. The van der Waals surface area contributed by atoms with Gasteiger partial charge in [0.2, 0.25) is 0 Å². The molecular weight excluding hydrogens is 935 g/mol. The SMILES string of the molecule is CC/C=C\C/C=C\C/C=C\C/C=C\C/C=C\C/C=C\C/C=C\CCCCCCCCCC(=O)OC(COC(=O)CCCCCCCC/C=C\C/C=C\C/C=C\CCCCCCC)COC(OCC[N+](C)(C)C)C(=O)[O-]. The summed E-state index contributed by atoms with van der Waals surface area (Å²) in [6.07, 6.45) is 75.2. The van der Waals surface area contributed by atoms with Gasteiger partial charge in [0.1, 0.15) is 13.2 Å². The molecule has 0 rings (SSSR count). The molecule has 9 nitrogen and oxygen atoms in total. The van der Waals surface area contributed by atoms with Crippen molar-refractivity contribution in [3.63, 3.8) is 0 Å². The van der Waals surface area contributed by atoms with Crippen molar-refractivity contribution in [2.45, 2.75) is 232 Å². The van der Waals surface area contributed by atoms with Gasteiger partial charge in [-0.3, -0.25) is 9.59 Å². The lowest BCUT2D eigenvalue weighted by molar-refractivity contribution is -0.870. The molecule has 0 radical (unpaired) electrons. The molecule has 0 spiro atoms. The van der Waals surface area contributed by atoms with E-state index in [1.165, 1.54) is 64.2 Å². The fraction of sp³-hybridized carbons (Fsp3) is 0.652. The van der Waals surface area contributed by atoms with Crippen LogP contribution in [0.15, 0.2) is 122 Å². The maximum Gasteiger partial charge on any atom is 0.306 e. The predicted molar refractivity (Wildman–Crippen MR) is 315 cm³/mol. The van der Waals surface area contributed by atoms with Gasteiger partial charge < -0.3 is 33.3 Å². The Morgan fingerprint density at radius 1 is 0.413 bits per heavy atom. The highest BCUT2D eigenvalue weighted by Crippen LogP contribution is 2.14. The number of esters is 2. The molecule has 0 aromatic carbocycles. The molecule has 2 atom stereocenters. The molecule has 0 aliphatic heterocycles. The van der Waals surface area contributed by atoms with Gasteiger partial charge in [0.15, 0.2) is 12.4 Å². The van der Waals surface area contributed by atoms with E-state index in [0.29, 0.717) is 17.4 Å². The molecule has 0 bridgehead atoms. The fourth-order valence-corrected chi connectivity index (χ4v) is 7.64. The second-order valence-corrected chi connectivity index (χ2v) is 20.5. The van der Waals surface area contributed by atoms with Crippen LogP contribution in [0.3, 0.4) is 0 Å². The van der Waals surface area contributed by atoms with Gasteiger partial charge >= 0.3 is 11.9 Å². The van der Waals surface area contributed by atoms with Crippen LogP contribution < -0.4 is 5.11 Å². The quantitative estimate of drug-likeness (QED) is 0.0195. The average molecular weight is 1040 g/mol. The molecule has 0 aliphatic rings. The zero-order valence-corrected chi connectivity index (χ0v) is 48.4. The van der Waals surface area contributed by atoms with E-state index in [0.717, 1.165) is 122 Å². The summed E-state index contributed by atoms with van der Waals surface area (Å²) in [5, 5.41) is 11.8. The summed E-state index contributed by atoms with van der Waals surface area (Å²) < 4.78 is 22.7. The largest absolute Gasteiger partial charge is 0.545 e. The van der Waals surface area contributed by atoms with Crippen LogP contribution in [0.1, 0.15) is 219 Å². The van der Waals surface area contributed by atoms with Gasteiger partial charge in [-0.05, 0) is 109 Å². The molecule has 2 unspecified atom stereocenters. The lowest BCUT2D eigenvalue weighted by Crippen LogP contribution is -2.44. The molecule has 0 aromatic rings. The second kappa shape index (κ2) is 55.9. The van der Waals surface area contributed by atoms with Crippen molar-refractivity contribution < 1.29 is 42.9 Å². The van der Waals surface area contributed by atoms with E-state index >= 15 is 0 Å². The Morgan fingerprint density at radius 2 is 0.760 bits per heavy atom. The summed E-state index contributed by atoms with van der Waals surface area (Å²) in [7, 11) is 5.90. The topological polar surface area (TPSA) is 111 Å². The normalized spacial score (nSPS) is 13.7. The van der Waals surface area contributed by atoms with E-state index in [2.05, 4.69) is 135 Å². The van der Waals surface area contributed by atoms with Crippen LogP contribution in [-0.2, 0) is 33.3 Å². The second-order valence-electron chi connectivity index (χ2n) is 20.5. The summed E-state index contributed by atoms with van der Waals surface area (Å²) in [4.78, 5) is 37.3. The third-order valence-electron chi connectivity index (χ3n) is 12.2. The number of rotatable bonds is 53. The number of aliphatic carboxylic acids is 1. The lowest BCUT2D eigenvalue weighted by Gasteiger charge is -2.26. The number of quaternary nitrogens is 1. The third-order valence-corrected chi connectivity index (χ3v) is 12.2. The highest BCUT2D eigenvalue weighted by atomic mass is 16.7. The Balaban J connectivity index is 4.33. The lowest BCUT2D eigenvalue weighted by atomic mass is 10.1. The molecule has 0 saturated heterocycles. The van der Waals surface area contributed by atoms with Crippen molar-refractivity contribution in [2.75, 3.05) is 47.5 Å². The first-order valence-corrected chi connectivity index (χ1v) is 29.7. The molecule has 426 valence electrons. The van der Waals surface area contributed by atoms with Gasteiger partial charge in [0.25, 0.3) is 0 Å². The number of allylic oxidation sites excluding steroid dienone is 20. The van der Waals surface area contributed by atoms with Gasteiger partial charge in [0, 0.05) is 12.8 Å². The molecule has 9 heteroatoms. The zero-order chi connectivity index (χ0) is 54.8. The van der Waals surface area contributed by atoms with Crippen molar-refractivity contribution in [2.24, 2.45) is 0 Å². The number of carbonyl (C=O) groups is 3. The summed E-state index contributed by atoms with van der Waals surface area (Å²) >= 11 is 0. The van der Waals surface area contributed by atoms with Crippen molar-refractivity contribution in [3.05, 3.63) is 122 Å². The van der Waals surface area contributed by atoms with E-state index in [-0.39, 0.29) is 38.6 Å². The average Bonchev–Trinajstić information content (AvgIpc) is 3.38. The third kappa shape index (κ3) is 57.2. The number of carboxylic acid groups (broad SMARTS) is 1. The smallest absolute Gasteiger partial charge is 0.306 e. The summed E-state index contributed by atoms with van der Waals surface area (Å²) in [6.45, 7) is 4.58. The summed E-state index contributed by atoms with van der Waals surface area (Å²) in [5.41, 5.74) is 0.